The van der Waals surface area contributed by atoms with Gasteiger partial charge in [0.25, 0.3) is 0 Å². The minimum absolute atomic E-state index is 0.249. The molecular weight excluding hydrogens is 288 g/mol. The smallest absolute Gasteiger partial charge is 0.192 e. The first-order valence-corrected chi connectivity index (χ1v) is 12.0. The van der Waals surface area contributed by atoms with E-state index in [2.05, 4.69) is 54.6 Å². The monoisotopic (exact) mass is 324 g/mol. The molecule has 0 radical (unpaired) electrons. The predicted octanol–water partition coefficient (Wildman–Crippen LogP) is 5.43. The average molecular weight is 325 g/mol. The largest absolute Gasteiger partial charge is 0.414 e. The van der Waals surface area contributed by atoms with E-state index in [4.69, 9.17) is 4.43 Å². The Balaban J connectivity index is 2.26. The molecule has 0 aliphatic heterocycles. The zero-order valence-corrected chi connectivity index (χ0v) is 17.0. The average Bonchev–Trinajstić information content (AvgIpc) is 2.59. The normalized spacial score (nSPS) is 36.8. The number of ketones is 1. The lowest BCUT2D eigenvalue weighted by Crippen LogP contribution is -2.45. The van der Waals surface area contributed by atoms with E-state index in [1.165, 1.54) is 0 Å². The number of Topliss-reactive ketones (excluding diaryl/α,β-unsaturated/α-hetero) is 1. The second-order valence-corrected chi connectivity index (χ2v) is 14.7. The second kappa shape index (κ2) is 5.73. The van der Waals surface area contributed by atoms with Crippen LogP contribution in [0.1, 0.15) is 67.2 Å². The quantitative estimate of drug-likeness (QED) is 0.647. The van der Waals surface area contributed by atoms with Crippen LogP contribution in [0.3, 0.4) is 0 Å². The van der Waals surface area contributed by atoms with E-state index < -0.39 is 8.32 Å². The molecule has 0 amide bonds. The molecule has 2 aliphatic rings. The van der Waals surface area contributed by atoms with Crippen molar-refractivity contribution in [3.05, 3.63) is 0 Å². The fourth-order valence-electron chi connectivity index (χ4n) is 4.48. The summed E-state index contributed by atoms with van der Waals surface area (Å²) in [6.45, 7) is 18.7. The van der Waals surface area contributed by atoms with Crippen molar-refractivity contribution in [2.45, 2.75) is 91.5 Å². The van der Waals surface area contributed by atoms with Crippen LogP contribution in [0.5, 0.6) is 0 Å². The van der Waals surface area contributed by atoms with Gasteiger partial charge in [-0.15, -0.1) is 0 Å². The molecule has 22 heavy (non-hydrogen) atoms. The van der Waals surface area contributed by atoms with Gasteiger partial charge in [0.1, 0.15) is 5.78 Å². The van der Waals surface area contributed by atoms with Crippen molar-refractivity contribution in [1.29, 1.82) is 0 Å². The van der Waals surface area contributed by atoms with Crippen LogP contribution in [-0.4, -0.2) is 20.2 Å². The van der Waals surface area contributed by atoms with Crippen LogP contribution in [-0.2, 0) is 9.22 Å². The second-order valence-electron chi connectivity index (χ2n) is 9.95. The molecule has 0 heterocycles. The van der Waals surface area contributed by atoms with E-state index in [-0.39, 0.29) is 5.04 Å². The Morgan fingerprint density at radius 1 is 1.27 bits per heavy atom. The number of carbonyl (C=O) groups is 1. The van der Waals surface area contributed by atoms with Crippen LogP contribution in [0.2, 0.25) is 18.1 Å². The van der Waals surface area contributed by atoms with Crippen molar-refractivity contribution in [2.75, 3.05) is 0 Å². The summed E-state index contributed by atoms with van der Waals surface area (Å²) in [6.07, 6.45) is 4.14. The van der Waals surface area contributed by atoms with Gasteiger partial charge in [0, 0.05) is 18.9 Å². The SMILES string of the molecule is CC(C)[C@@H]1[C@@H](O[Si](C)(C)C(C)(C)C)C[C@@]2(C)CCC(=O)C[C@H]12. The van der Waals surface area contributed by atoms with Gasteiger partial charge < -0.3 is 4.43 Å². The van der Waals surface area contributed by atoms with Crippen molar-refractivity contribution in [3.8, 4) is 0 Å². The number of hydrogen-bond acceptors (Lipinski definition) is 2. The molecule has 0 saturated heterocycles. The van der Waals surface area contributed by atoms with Crippen molar-refractivity contribution in [1.82, 2.24) is 0 Å². The van der Waals surface area contributed by atoms with E-state index in [9.17, 15) is 4.79 Å². The molecule has 3 heteroatoms. The summed E-state index contributed by atoms with van der Waals surface area (Å²) >= 11 is 0. The van der Waals surface area contributed by atoms with Gasteiger partial charge in [-0.2, -0.15) is 0 Å². The van der Waals surface area contributed by atoms with Gasteiger partial charge in [-0.1, -0.05) is 41.5 Å². The zero-order chi connectivity index (χ0) is 16.9. The molecule has 2 nitrogen and oxygen atoms in total. The molecule has 2 saturated carbocycles. The van der Waals surface area contributed by atoms with E-state index >= 15 is 0 Å². The Bertz CT molecular complexity index is 435. The van der Waals surface area contributed by atoms with Gasteiger partial charge in [0.05, 0.1) is 0 Å². The third-order valence-corrected chi connectivity index (χ3v) is 11.4. The lowest BCUT2D eigenvalue weighted by atomic mass is 9.65. The van der Waals surface area contributed by atoms with Crippen molar-refractivity contribution in [3.63, 3.8) is 0 Å². The van der Waals surface area contributed by atoms with Gasteiger partial charge >= 0.3 is 0 Å². The summed E-state index contributed by atoms with van der Waals surface area (Å²) in [4.78, 5) is 12.0. The number of carbonyl (C=O) groups excluding carboxylic acids is 1. The van der Waals surface area contributed by atoms with E-state index in [0.717, 1.165) is 25.7 Å². The molecule has 4 atom stereocenters. The molecule has 0 bridgehead atoms. The Morgan fingerprint density at radius 3 is 2.36 bits per heavy atom. The fourth-order valence-corrected chi connectivity index (χ4v) is 5.83. The zero-order valence-electron chi connectivity index (χ0n) is 16.0. The van der Waals surface area contributed by atoms with Crippen molar-refractivity contribution >= 4 is 14.1 Å². The summed E-state index contributed by atoms with van der Waals surface area (Å²) in [5, 5.41) is 0.249. The highest BCUT2D eigenvalue weighted by atomic mass is 28.4. The first kappa shape index (κ1) is 18.2. The number of hydrogen-bond donors (Lipinski definition) is 0. The van der Waals surface area contributed by atoms with Crippen LogP contribution in [0.25, 0.3) is 0 Å². The molecule has 0 spiro atoms. The third-order valence-electron chi connectivity index (χ3n) is 6.90. The Hall–Kier alpha value is -0.153. The van der Waals surface area contributed by atoms with Gasteiger partial charge in [0.15, 0.2) is 8.32 Å². The molecule has 2 fully saturated rings. The van der Waals surface area contributed by atoms with Gasteiger partial charge in [-0.3, -0.25) is 4.79 Å². The van der Waals surface area contributed by atoms with Crippen LogP contribution < -0.4 is 0 Å². The summed E-state index contributed by atoms with van der Waals surface area (Å²) < 4.78 is 6.86. The van der Waals surface area contributed by atoms with Gasteiger partial charge in [0.2, 0.25) is 0 Å². The highest BCUT2D eigenvalue weighted by molar-refractivity contribution is 6.74. The molecule has 0 unspecified atom stereocenters. The third kappa shape index (κ3) is 3.21. The molecule has 2 rings (SSSR count). The Kier molecular flexibility index (Phi) is 4.74. The number of fused-ring (bicyclic) bond motifs is 1. The first-order valence-electron chi connectivity index (χ1n) is 9.07. The van der Waals surface area contributed by atoms with Gasteiger partial charge in [-0.05, 0) is 54.1 Å². The summed E-state index contributed by atoms with van der Waals surface area (Å²) in [6, 6.07) is 0. The minimum Gasteiger partial charge on any atom is -0.414 e. The lowest BCUT2D eigenvalue weighted by Gasteiger charge is -2.41. The molecule has 0 aromatic carbocycles. The molecule has 0 N–H and O–H groups in total. The lowest BCUT2D eigenvalue weighted by molar-refractivity contribution is -0.125. The van der Waals surface area contributed by atoms with Gasteiger partial charge in [-0.25, -0.2) is 0 Å². The maximum absolute atomic E-state index is 12.0. The Morgan fingerprint density at radius 2 is 1.86 bits per heavy atom. The van der Waals surface area contributed by atoms with E-state index in [1.807, 2.05) is 0 Å². The maximum atomic E-state index is 12.0. The maximum Gasteiger partial charge on any atom is 0.192 e. The van der Waals surface area contributed by atoms with E-state index in [1.54, 1.807) is 0 Å². The summed E-state index contributed by atoms with van der Waals surface area (Å²) in [7, 11) is -1.76. The molecule has 0 aromatic rings. The van der Waals surface area contributed by atoms with Crippen molar-refractivity contribution in [2.24, 2.45) is 23.2 Å². The van der Waals surface area contributed by atoms with Crippen LogP contribution in [0.15, 0.2) is 0 Å². The van der Waals surface area contributed by atoms with Crippen molar-refractivity contribution < 1.29 is 9.22 Å². The van der Waals surface area contributed by atoms with Crippen LogP contribution in [0, 0.1) is 23.2 Å². The Labute approximate surface area is 138 Å². The standard InChI is InChI=1S/C19H36O2Si/c1-13(2)17-15-11-14(20)9-10-19(15,6)12-16(17)21-22(7,8)18(3,4)5/h13,15-17H,9-12H2,1-8H3/t15-,16+,17+,19-/m1/s1. The molecular formula is C19H36O2Si. The fraction of sp³-hybridized carbons (Fsp3) is 0.947. The number of rotatable bonds is 3. The predicted molar refractivity (Wildman–Crippen MR) is 95.5 cm³/mol. The highest BCUT2D eigenvalue weighted by Crippen LogP contribution is 2.58. The summed E-state index contributed by atoms with van der Waals surface area (Å²) in [5.41, 5.74) is 0.315. The van der Waals surface area contributed by atoms with Crippen LogP contribution >= 0.6 is 0 Å². The first-order chi connectivity index (χ1) is 9.87. The topological polar surface area (TPSA) is 26.3 Å². The minimum atomic E-state index is -1.76. The molecule has 2 aliphatic carbocycles. The molecule has 0 aromatic heterocycles. The molecule has 128 valence electrons. The highest BCUT2D eigenvalue weighted by Gasteiger charge is 2.55. The van der Waals surface area contributed by atoms with E-state index in [0.29, 0.717) is 35.1 Å². The summed E-state index contributed by atoms with van der Waals surface area (Å²) in [5.74, 6) is 2.14. The van der Waals surface area contributed by atoms with Crippen LogP contribution in [0.4, 0.5) is 0 Å².